The molecule has 1 fully saturated rings. The molecule has 0 bridgehead atoms. The molecule has 1 heterocycles. The summed E-state index contributed by atoms with van der Waals surface area (Å²) in [5.41, 5.74) is 0.783. The van der Waals surface area contributed by atoms with Crippen LogP contribution in [-0.2, 0) is 11.3 Å². The van der Waals surface area contributed by atoms with Gasteiger partial charge in [-0.2, -0.15) is 0 Å². The van der Waals surface area contributed by atoms with Gasteiger partial charge >= 0.3 is 0 Å². The number of benzene rings is 1. The van der Waals surface area contributed by atoms with Crippen molar-refractivity contribution in [3.63, 3.8) is 0 Å². The van der Waals surface area contributed by atoms with E-state index in [1.54, 1.807) is 6.07 Å². The molecule has 5 heteroatoms. The van der Waals surface area contributed by atoms with Crippen LogP contribution in [0.4, 0.5) is 4.39 Å². The van der Waals surface area contributed by atoms with Gasteiger partial charge in [0.05, 0.1) is 11.1 Å². The molecule has 20 heavy (non-hydrogen) atoms. The molecule has 1 unspecified atom stereocenters. The third-order valence-corrected chi connectivity index (χ3v) is 3.94. The summed E-state index contributed by atoms with van der Waals surface area (Å²) in [7, 11) is 0. The number of amides is 1. The fourth-order valence-electron chi connectivity index (χ4n) is 2.40. The van der Waals surface area contributed by atoms with Gasteiger partial charge in [-0.15, -0.1) is 0 Å². The highest BCUT2D eigenvalue weighted by Crippen LogP contribution is 2.15. The van der Waals surface area contributed by atoms with E-state index in [1.165, 1.54) is 18.6 Å². The highest BCUT2D eigenvalue weighted by molar-refractivity contribution is 6.30. The summed E-state index contributed by atoms with van der Waals surface area (Å²) in [6, 6.07) is 4.43. The highest BCUT2D eigenvalue weighted by Gasteiger charge is 2.21. The van der Waals surface area contributed by atoms with Crippen LogP contribution in [0.2, 0.25) is 5.02 Å². The zero-order valence-electron chi connectivity index (χ0n) is 11.7. The Labute approximate surface area is 124 Å². The molecule has 0 radical (unpaired) electrons. The Balaban J connectivity index is 1.85. The van der Waals surface area contributed by atoms with Gasteiger partial charge in [0.2, 0.25) is 5.91 Å². The van der Waals surface area contributed by atoms with Crippen LogP contribution in [0, 0.1) is 5.82 Å². The van der Waals surface area contributed by atoms with Crippen LogP contribution in [0.25, 0.3) is 0 Å². The van der Waals surface area contributed by atoms with Crippen molar-refractivity contribution in [2.24, 2.45) is 0 Å². The molecule has 0 spiro atoms. The van der Waals surface area contributed by atoms with E-state index >= 15 is 0 Å². The number of carbonyl (C=O) groups is 1. The lowest BCUT2D eigenvalue weighted by Gasteiger charge is -2.29. The predicted octanol–water partition coefficient (Wildman–Crippen LogP) is 2.97. The summed E-state index contributed by atoms with van der Waals surface area (Å²) < 4.78 is 13.3. The molecule has 1 atom stereocenters. The zero-order chi connectivity index (χ0) is 14.5. The Kier molecular flexibility index (Phi) is 5.38. The van der Waals surface area contributed by atoms with Gasteiger partial charge in [-0.1, -0.05) is 17.7 Å². The maximum Gasteiger partial charge on any atom is 0.239 e. The van der Waals surface area contributed by atoms with Gasteiger partial charge in [0.1, 0.15) is 5.82 Å². The second kappa shape index (κ2) is 7.04. The van der Waals surface area contributed by atoms with Gasteiger partial charge < -0.3 is 10.2 Å². The first kappa shape index (κ1) is 15.3. The quantitative estimate of drug-likeness (QED) is 0.927. The summed E-state index contributed by atoms with van der Waals surface area (Å²) >= 11 is 5.64. The average molecular weight is 299 g/mol. The monoisotopic (exact) mass is 298 g/mol. The smallest absolute Gasteiger partial charge is 0.239 e. The lowest BCUT2D eigenvalue weighted by Crippen LogP contribution is -2.46. The number of likely N-dealkylation sites (tertiary alicyclic amines) is 1. The standard InChI is InChI=1S/C15H20ClFN2O/c1-11(15(20)19-7-3-2-4-8-19)18-10-12-5-6-13(16)14(17)9-12/h5-6,9,11,18H,2-4,7-8,10H2,1H3. The van der Waals surface area contributed by atoms with E-state index in [-0.39, 0.29) is 17.0 Å². The molecule has 0 aliphatic carbocycles. The number of nitrogens with one attached hydrogen (secondary N) is 1. The van der Waals surface area contributed by atoms with Gasteiger partial charge in [0.15, 0.2) is 0 Å². The lowest BCUT2D eigenvalue weighted by molar-refractivity contribution is -0.133. The van der Waals surface area contributed by atoms with Crippen molar-refractivity contribution in [3.05, 3.63) is 34.6 Å². The van der Waals surface area contributed by atoms with Crippen molar-refractivity contribution in [1.29, 1.82) is 0 Å². The summed E-state index contributed by atoms with van der Waals surface area (Å²) in [6.07, 6.45) is 3.37. The van der Waals surface area contributed by atoms with E-state index in [2.05, 4.69) is 5.32 Å². The van der Waals surface area contributed by atoms with Crippen LogP contribution in [0.15, 0.2) is 18.2 Å². The van der Waals surface area contributed by atoms with Gasteiger partial charge in [-0.3, -0.25) is 4.79 Å². The maximum atomic E-state index is 13.3. The fraction of sp³-hybridized carbons (Fsp3) is 0.533. The molecule has 2 rings (SSSR count). The second-order valence-electron chi connectivity index (χ2n) is 5.24. The Morgan fingerprint density at radius 1 is 1.40 bits per heavy atom. The highest BCUT2D eigenvalue weighted by atomic mass is 35.5. The lowest BCUT2D eigenvalue weighted by atomic mass is 10.1. The number of hydrogen-bond acceptors (Lipinski definition) is 2. The SMILES string of the molecule is CC(NCc1ccc(Cl)c(F)c1)C(=O)N1CCCCC1. The molecule has 1 N–H and O–H groups in total. The van der Waals surface area contributed by atoms with E-state index in [0.29, 0.717) is 6.54 Å². The number of piperidine rings is 1. The minimum absolute atomic E-state index is 0.117. The van der Waals surface area contributed by atoms with Gasteiger partial charge in [-0.05, 0) is 43.9 Å². The molecule has 1 aromatic carbocycles. The van der Waals surface area contributed by atoms with Gasteiger partial charge in [0.25, 0.3) is 0 Å². The van der Waals surface area contributed by atoms with Crippen LogP contribution in [-0.4, -0.2) is 29.9 Å². The topological polar surface area (TPSA) is 32.3 Å². The van der Waals surface area contributed by atoms with Crippen LogP contribution in [0.1, 0.15) is 31.7 Å². The minimum Gasteiger partial charge on any atom is -0.341 e. The van der Waals surface area contributed by atoms with E-state index in [4.69, 9.17) is 11.6 Å². The van der Waals surface area contributed by atoms with E-state index in [9.17, 15) is 9.18 Å². The summed E-state index contributed by atoms with van der Waals surface area (Å²) in [6.45, 7) is 4.00. The Bertz CT molecular complexity index is 475. The molecule has 1 amide bonds. The molecule has 0 saturated carbocycles. The number of halogens is 2. The van der Waals surface area contributed by atoms with E-state index in [0.717, 1.165) is 31.5 Å². The molecular formula is C15H20ClFN2O. The van der Waals surface area contributed by atoms with Crippen molar-refractivity contribution in [1.82, 2.24) is 10.2 Å². The first-order valence-electron chi connectivity index (χ1n) is 7.04. The molecule has 1 saturated heterocycles. The molecule has 1 aromatic rings. The predicted molar refractivity (Wildman–Crippen MR) is 78.1 cm³/mol. The average Bonchev–Trinajstić information content (AvgIpc) is 2.48. The number of nitrogens with zero attached hydrogens (tertiary/aromatic N) is 1. The normalized spacial score (nSPS) is 17.1. The zero-order valence-corrected chi connectivity index (χ0v) is 12.4. The third-order valence-electron chi connectivity index (χ3n) is 3.63. The van der Waals surface area contributed by atoms with Crippen LogP contribution in [0.3, 0.4) is 0 Å². The van der Waals surface area contributed by atoms with Crippen LogP contribution < -0.4 is 5.32 Å². The minimum atomic E-state index is -0.430. The maximum absolute atomic E-state index is 13.3. The molecule has 1 aliphatic rings. The Morgan fingerprint density at radius 2 is 2.10 bits per heavy atom. The fourth-order valence-corrected chi connectivity index (χ4v) is 2.51. The molecule has 0 aromatic heterocycles. The first-order valence-corrected chi connectivity index (χ1v) is 7.42. The first-order chi connectivity index (χ1) is 9.58. The Hall–Kier alpha value is -1.13. The van der Waals surface area contributed by atoms with Crippen molar-refractivity contribution in [2.75, 3.05) is 13.1 Å². The van der Waals surface area contributed by atoms with E-state index in [1.807, 2.05) is 11.8 Å². The summed E-state index contributed by atoms with van der Waals surface area (Å²) in [5, 5.41) is 3.26. The van der Waals surface area contributed by atoms with Crippen molar-refractivity contribution < 1.29 is 9.18 Å². The van der Waals surface area contributed by atoms with Gasteiger partial charge in [0, 0.05) is 19.6 Å². The van der Waals surface area contributed by atoms with Gasteiger partial charge in [-0.25, -0.2) is 4.39 Å². The summed E-state index contributed by atoms with van der Waals surface area (Å²) in [4.78, 5) is 14.1. The molecule has 3 nitrogen and oxygen atoms in total. The molecule has 1 aliphatic heterocycles. The second-order valence-corrected chi connectivity index (χ2v) is 5.64. The van der Waals surface area contributed by atoms with E-state index < -0.39 is 5.82 Å². The van der Waals surface area contributed by atoms with Crippen molar-refractivity contribution in [2.45, 2.75) is 38.8 Å². The van der Waals surface area contributed by atoms with Crippen molar-refractivity contribution in [3.8, 4) is 0 Å². The van der Waals surface area contributed by atoms with Crippen LogP contribution >= 0.6 is 11.6 Å². The molecular weight excluding hydrogens is 279 g/mol. The van der Waals surface area contributed by atoms with Crippen LogP contribution in [0.5, 0.6) is 0 Å². The Morgan fingerprint density at radius 3 is 2.75 bits per heavy atom. The summed E-state index contributed by atoms with van der Waals surface area (Å²) in [5.74, 6) is -0.305. The molecule has 110 valence electrons. The largest absolute Gasteiger partial charge is 0.341 e. The van der Waals surface area contributed by atoms with Crippen molar-refractivity contribution >= 4 is 17.5 Å². The number of carbonyl (C=O) groups excluding carboxylic acids is 1. The third kappa shape index (κ3) is 3.93. The number of rotatable bonds is 4. The number of hydrogen-bond donors (Lipinski definition) is 1.